The van der Waals surface area contributed by atoms with Crippen molar-refractivity contribution in [2.24, 2.45) is 0 Å². The number of rotatable bonds is 6. The number of carbonyl (C=O) groups is 2. The summed E-state index contributed by atoms with van der Waals surface area (Å²) in [7, 11) is 0. The van der Waals surface area contributed by atoms with Crippen LogP contribution in [0.1, 0.15) is 27.0 Å². The first-order chi connectivity index (χ1) is 13.1. The number of anilines is 1. The van der Waals surface area contributed by atoms with Gasteiger partial charge in [-0.2, -0.15) is 0 Å². The van der Waals surface area contributed by atoms with Crippen molar-refractivity contribution >= 4 is 28.9 Å². The molecule has 2 aromatic carbocycles. The van der Waals surface area contributed by atoms with Crippen LogP contribution in [0.15, 0.2) is 30.3 Å². The second-order valence-corrected chi connectivity index (χ2v) is 6.15. The topological polar surface area (TPSA) is 144 Å². The maximum atomic E-state index is 12.4. The van der Waals surface area contributed by atoms with Gasteiger partial charge in [0.15, 0.2) is 0 Å². The van der Waals surface area contributed by atoms with Gasteiger partial charge in [-0.05, 0) is 31.9 Å². The summed E-state index contributed by atoms with van der Waals surface area (Å²) in [5, 5.41) is 27.1. The summed E-state index contributed by atoms with van der Waals surface area (Å²) >= 11 is 0. The number of nitro benzene ring substituents is 2. The Bertz CT molecular complexity index is 966. The maximum absolute atomic E-state index is 12.4. The average Bonchev–Trinajstić information content (AvgIpc) is 2.62. The highest BCUT2D eigenvalue weighted by Gasteiger charge is 2.25. The van der Waals surface area contributed by atoms with E-state index < -0.39 is 39.6 Å². The largest absolute Gasteiger partial charge is 0.343 e. The number of carbonyl (C=O) groups excluding carboxylic acids is 2. The van der Waals surface area contributed by atoms with Gasteiger partial charge < -0.3 is 10.6 Å². The van der Waals surface area contributed by atoms with Crippen LogP contribution in [0.25, 0.3) is 0 Å². The summed E-state index contributed by atoms with van der Waals surface area (Å²) in [6, 6.07) is 7.24. The van der Waals surface area contributed by atoms with Crippen LogP contribution in [0.5, 0.6) is 0 Å². The van der Waals surface area contributed by atoms with Crippen LogP contribution >= 0.6 is 0 Å². The van der Waals surface area contributed by atoms with Crippen molar-refractivity contribution in [3.8, 4) is 0 Å². The molecule has 0 aliphatic rings. The van der Waals surface area contributed by atoms with Crippen LogP contribution in [-0.2, 0) is 4.79 Å². The highest BCUT2D eigenvalue weighted by atomic mass is 16.6. The van der Waals surface area contributed by atoms with Crippen molar-refractivity contribution in [1.29, 1.82) is 0 Å². The Morgan fingerprint density at radius 1 is 1.00 bits per heavy atom. The predicted octanol–water partition coefficient (Wildman–Crippen LogP) is 2.80. The number of hydrogen-bond acceptors (Lipinski definition) is 6. The van der Waals surface area contributed by atoms with Crippen LogP contribution in [0.2, 0.25) is 0 Å². The summed E-state index contributed by atoms with van der Waals surface area (Å²) in [5.74, 6) is -1.32. The van der Waals surface area contributed by atoms with Gasteiger partial charge in [-0.25, -0.2) is 0 Å². The summed E-state index contributed by atoms with van der Waals surface area (Å²) in [6.45, 7) is 4.57. The molecule has 0 heterocycles. The maximum Gasteiger partial charge on any atom is 0.279 e. The van der Waals surface area contributed by atoms with Gasteiger partial charge in [-0.1, -0.05) is 18.2 Å². The fourth-order valence-electron chi connectivity index (χ4n) is 2.67. The van der Waals surface area contributed by atoms with Gasteiger partial charge in [0, 0.05) is 17.3 Å². The Hall–Kier alpha value is -3.82. The molecule has 0 unspecified atom stereocenters. The van der Waals surface area contributed by atoms with E-state index in [0.29, 0.717) is 5.69 Å². The number of nitrogens with zero attached hydrogens (tertiary/aromatic N) is 2. The number of nitrogens with one attached hydrogen (secondary N) is 2. The third kappa shape index (κ3) is 4.47. The first-order valence-corrected chi connectivity index (χ1v) is 8.19. The molecule has 2 aromatic rings. The van der Waals surface area contributed by atoms with Crippen LogP contribution in [0, 0.1) is 41.0 Å². The first-order valence-electron chi connectivity index (χ1n) is 8.19. The van der Waals surface area contributed by atoms with Gasteiger partial charge in [0.05, 0.1) is 28.0 Å². The highest BCUT2D eigenvalue weighted by Crippen LogP contribution is 2.28. The van der Waals surface area contributed by atoms with E-state index in [-0.39, 0.29) is 11.1 Å². The van der Waals surface area contributed by atoms with Crippen molar-refractivity contribution in [3.05, 3.63) is 72.8 Å². The first kappa shape index (κ1) is 20.5. The van der Waals surface area contributed by atoms with E-state index in [1.165, 1.54) is 6.92 Å². The molecule has 146 valence electrons. The minimum Gasteiger partial charge on any atom is -0.343 e. The van der Waals surface area contributed by atoms with E-state index in [1.54, 1.807) is 0 Å². The molecule has 0 saturated heterocycles. The van der Waals surface area contributed by atoms with E-state index >= 15 is 0 Å². The van der Waals surface area contributed by atoms with E-state index in [2.05, 4.69) is 10.6 Å². The quantitative estimate of drug-likeness (QED) is 0.577. The van der Waals surface area contributed by atoms with E-state index in [9.17, 15) is 29.8 Å². The van der Waals surface area contributed by atoms with Crippen molar-refractivity contribution in [2.45, 2.75) is 20.8 Å². The van der Waals surface area contributed by atoms with Crippen LogP contribution in [0.3, 0.4) is 0 Å². The van der Waals surface area contributed by atoms with E-state index in [1.807, 2.05) is 32.0 Å². The molecule has 0 bridgehead atoms. The van der Waals surface area contributed by atoms with Crippen molar-refractivity contribution in [1.82, 2.24) is 5.32 Å². The van der Waals surface area contributed by atoms with Crippen LogP contribution in [-0.4, -0.2) is 28.2 Å². The SMILES string of the molecule is Cc1cccc(C)c1NC(=O)CNC(=O)c1cc([N+](=O)[O-])cc([N+](=O)[O-])c1C. The molecule has 0 aliphatic carbocycles. The molecule has 10 heteroatoms. The van der Waals surface area contributed by atoms with Gasteiger partial charge in [0.2, 0.25) is 5.91 Å². The number of amides is 2. The second-order valence-electron chi connectivity index (χ2n) is 6.15. The normalized spacial score (nSPS) is 10.2. The molecule has 0 saturated carbocycles. The number of nitro groups is 2. The summed E-state index contributed by atoms with van der Waals surface area (Å²) in [5.41, 5.74) is 0.948. The Balaban J connectivity index is 2.18. The zero-order valence-electron chi connectivity index (χ0n) is 15.4. The Morgan fingerprint density at radius 3 is 2.14 bits per heavy atom. The van der Waals surface area contributed by atoms with E-state index in [0.717, 1.165) is 23.3 Å². The van der Waals surface area contributed by atoms with Crippen LogP contribution < -0.4 is 10.6 Å². The lowest BCUT2D eigenvalue weighted by atomic mass is 10.0. The molecule has 0 aromatic heterocycles. The number of benzene rings is 2. The zero-order valence-corrected chi connectivity index (χ0v) is 15.4. The number of aryl methyl sites for hydroxylation is 2. The molecular weight excluding hydrogens is 368 g/mol. The molecule has 2 N–H and O–H groups in total. The number of hydrogen-bond donors (Lipinski definition) is 2. The molecule has 0 radical (unpaired) electrons. The average molecular weight is 386 g/mol. The summed E-state index contributed by atoms with van der Waals surface area (Å²) < 4.78 is 0. The van der Waals surface area contributed by atoms with Crippen molar-refractivity contribution in [3.63, 3.8) is 0 Å². The minimum absolute atomic E-state index is 0.0248. The Morgan fingerprint density at radius 2 is 1.61 bits per heavy atom. The molecule has 28 heavy (non-hydrogen) atoms. The number of non-ortho nitro benzene ring substituents is 1. The van der Waals surface area contributed by atoms with Crippen molar-refractivity contribution in [2.75, 3.05) is 11.9 Å². The third-order valence-electron chi connectivity index (χ3n) is 4.17. The molecule has 0 atom stereocenters. The summed E-state index contributed by atoms with van der Waals surface area (Å²) in [4.78, 5) is 45.0. The summed E-state index contributed by atoms with van der Waals surface area (Å²) in [6.07, 6.45) is 0. The standard InChI is InChI=1S/C18H18N4O6/c1-10-5-4-6-11(2)17(10)20-16(23)9-19-18(24)14-7-13(21(25)26)8-15(12(14)3)22(27)28/h4-8H,9H2,1-3H3,(H,19,24)(H,20,23). The smallest absolute Gasteiger partial charge is 0.279 e. The van der Waals surface area contributed by atoms with Gasteiger partial charge in [0.25, 0.3) is 17.3 Å². The zero-order chi connectivity index (χ0) is 21.0. The highest BCUT2D eigenvalue weighted by molar-refractivity contribution is 6.01. The van der Waals surface area contributed by atoms with Gasteiger partial charge in [-0.15, -0.1) is 0 Å². The number of para-hydroxylation sites is 1. The van der Waals surface area contributed by atoms with E-state index in [4.69, 9.17) is 0 Å². The predicted molar refractivity (Wildman–Crippen MR) is 101 cm³/mol. The molecule has 0 fully saturated rings. The van der Waals surface area contributed by atoms with Gasteiger partial charge in [-0.3, -0.25) is 29.8 Å². The lowest BCUT2D eigenvalue weighted by molar-refractivity contribution is -0.394. The lowest BCUT2D eigenvalue weighted by Gasteiger charge is -2.12. The molecular formula is C18H18N4O6. The monoisotopic (exact) mass is 386 g/mol. The molecule has 10 nitrogen and oxygen atoms in total. The second kappa shape index (κ2) is 8.25. The van der Waals surface area contributed by atoms with Crippen LogP contribution in [0.4, 0.5) is 17.1 Å². The van der Waals surface area contributed by atoms with Crippen molar-refractivity contribution < 1.29 is 19.4 Å². The van der Waals surface area contributed by atoms with Gasteiger partial charge in [0.1, 0.15) is 0 Å². The fourth-order valence-corrected chi connectivity index (χ4v) is 2.67. The third-order valence-corrected chi connectivity index (χ3v) is 4.17. The Labute approximate surface area is 159 Å². The lowest BCUT2D eigenvalue weighted by Crippen LogP contribution is -2.33. The van der Waals surface area contributed by atoms with Gasteiger partial charge >= 0.3 is 0 Å². The fraction of sp³-hybridized carbons (Fsp3) is 0.222. The Kier molecular flexibility index (Phi) is 6.04. The molecule has 0 spiro atoms. The molecule has 0 aliphatic heterocycles. The minimum atomic E-state index is -0.823. The molecule has 2 rings (SSSR count). The molecule has 2 amide bonds.